The highest BCUT2D eigenvalue weighted by atomic mass is 15.3. The number of nitrogens with one attached hydrogen (secondary N) is 1. The van der Waals surface area contributed by atoms with Gasteiger partial charge in [0, 0.05) is 24.7 Å². The predicted octanol–water partition coefficient (Wildman–Crippen LogP) is 2.25. The van der Waals surface area contributed by atoms with Crippen LogP contribution in [0.15, 0.2) is 0 Å². The van der Waals surface area contributed by atoms with E-state index in [1.54, 1.807) is 0 Å². The lowest BCUT2D eigenvalue weighted by Gasteiger charge is -2.46. The number of nitrogens with zero attached hydrogens (tertiary/aromatic N) is 1. The molecule has 88 valence electrons. The molecule has 0 bridgehead atoms. The summed E-state index contributed by atoms with van der Waals surface area (Å²) in [4.78, 5) is 2.70. The average molecular weight is 210 g/mol. The van der Waals surface area contributed by atoms with Gasteiger partial charge in [-0.15, -0.1) is 0 Å². The summed E-state index contributed by atoms with van der Waals surface area (Å²) in [6, 6.07) is 0.787. The highest BCUT2D eigenvalue weighted by Gasteiger charge is 2.39. The van der Waals surface area contributed by atoms with E-state index in [0.29, 0.717) is 5.54 Å². The number of piperazine rings is 1. The maximum atomic E-state index is 3.74. The van der Waals surface area contributed by atoms with Crippen LogP contribution in [-0.4, -0.2) is 36.1 Å². The molecule has 1 atom stereocenters. The molecule has 2 fully saturated rings. The highest BCUT2D eigenvalue weighted by Crippen LogP contribution is 2.35. The first-order valence-electron chi connectivity index (χ1n) is 6.62. The third-order valence-electron chi connectivity index (χ3n) is 4.04. The van der Waals surface area contributed by atoms with Gasteiger partial charge in [-0.2, -0.15) is 0 Å². The Morgan fingerprint density at radius 3 is 2.67 bits per heavy atom. The molecule has 2 rings (SSSR count). The molecule has 0 radical (unpaired) electrons. The van der Waals surface area contributed by atoms with E-state index in [0.717, 1.165) is 18.5 Å². The van der Waals surface area contributed by atoms with Crippen molar-refractivity contribution in [3.63, 3.8) is 0 Å². The van der Waals surface area contributed by atoms with Gasteiger partial charge in [0.2, 0.25) is 0 Å². The van der Waals surface area contributed by atoms with Crippen LogP contribution in [0.4, 0.5) is 0 Å². The molecule has 0 aromatic heterocycles. The van der Waals surface area contributed by atoms with Crippen LogP contribution in [-0.2, 0) is 0 Å². The molecule has 0 amide bonds. The van der Waals surface area contributed by atoms with Crippen LogP contribution in [0.25, 0.3) is 0 Å². The summed E-state index contributed by atoms with van der Waals surface area (Å²) in [5.74, 6) is 0.991. The Balaban J connectivity index is 1.89. The summed E-state index contributed by atoms with van der Waals surface area (Å²) in [6.45, 7) is 10.8. The molecule has 1 aliphatic carbocycles. The van der Waals surface area contributed by atoms with Crippen LogP contribution in [0, 0.1) is 5.92 Å². The van der Waals surface area contributed by atoms with Crippen molar-refractivity contribution in [1.29, 1.82) is 0 Å². The fraction of sp³-hybridized carbons (Fsp3) is 1.00. The van der Waals surface area contributed by atoms with Gasteiger partial charge < -0.3 is 5.32 Å². The number of hydrogen-bond donors (Lipinski definition) is 1. The fourth-order valence-corrected chi connectivity index (χ4v) is 2.60. The Bertz CT molecular complexity index is 209. The van der Waals surface area contributed by atoms with E-state index in [4.69, 9.17) is 0 Å². The van der Waals surface area contributed by atoms with E-state index in [2.05, 4.69) is 31.0 Å². The topological polar surface area (TPSA) is 15.3 Å². The van der Waals surface area contributed by atoms with Crippen molar-refractivity contribution < 1.29 is 0 Å². The van der Waals surface area contributed by atoms with Crippen molar-refractivity contribution in [2.24, 2.45) is 5.92 Å². The van der Waals surface area contributed by atoms with Crippen molar-refractivity contribution >= 4 is 0 Å². The Labute approximate surface area is 94.4 Å². The van der Waals surface area contributed by atoms with Crippen molar-refractivity contribution in [3.8, 4) is 0 Å². The second kappa shape index (κ2) is 4.42. The normalized spacial score (nSPS) is 31.8. The molecule has 1 N–H and O–H groups in total. The van der Waals surface area contributed by atoms with E-state index >= 15 is 0 Å². The Morgan fingerprint density at radius 2 is 2.07 bits per heavy atom. The third kappa shape index (κ3) is 2.73. The number of rotatable bonds is 4. The molecule has 1 heterocycles. The SMILES string of the molecule is CCCCN1CC(C2CC2)NCC1(C)C. The van der Waals surface area contributed by atoms with E-state index in [1.165, 1.54) is 38.8 Å². The van der Waals surface area contributed by atoms with Gasteiger partial charge in [0.1, 0.15) is 0 Å². The molecule has 2 heteroatoms. The average Bonchev–Trinajstić information content (AvgIpc) is 2.99. The number of hydrogen-bond acceptors (Lipinski definition) is 2. The smallest absolute Gasteiger partial charge is 0.0278 e. The standard InChI is InChI=1S/C13H26N2/c1-4-5-8-15-9-12(11-6-7-11)14-10-13(15,2)3/h11-12,14H,4-10H2,1-3H3. The van der Waals surface area contributed by atoms with Crippen molar-refractivity contribution in [3.05, 3.63) is 0 Å². The van der Waals surface area contributed by atoms with Crippen LogP contribution in [0.1, 0.15) is 46.5 Å². The Morgan fingerprint density at radius 1 is 1.33 bits per heavy atom. The lowest BCUT2D eigenvalue weighted by atomic mass is 9.95. The van der Waals surface area contributed by atoms with Crippen LogP contribution in [0.2, 0.25) is 0 Å². The molecule has 0 aromatic rings. The summed E-state index contributed by atoms with van der Waals surface area (Å²) in [6.07, 6.45) is 5.58. The zero-order chi connectivity index (χ0) is 10.9. The summed E-state index contributed by atoms with van der Waals surface area (Å²) < 4.78 is 0. The molecule has 1 saturated heterocycles. The first kappa shape index (κ1) is 11.4. The maximum Gasteiger partial charge on any atom is 0.0278 e. The molecule has 2 nitrogen and oxygen atoms in total. The van der Waals surface area contributed by atoms with Crippen LogP contribution in [0.3, 0.4) is 0 Å². The van der Waals surface area contributed by atoms with E-state index in [-0.39, 0.29) is 0 Å². The van der Waals surface area contributed by atoms with Gasteiger partial charge in [-0.1, -0.05) is 13.3 Å². The Kier molecular flexibility index (Phi) is 3.36. The van der Waals surface area contributed by atoms with Gasteiger partial charge in [0.15, 0.2) is 0 Å². The van der Waals surface area contributed by atoms with Gasteiger partial charge in [-0.3, -0.25) is 4.90 Å². The minimum atomic E-state index is 0.362. The molecule has 1 saturated carbocycles. The van der Waals surface area contributed by atoms with E-state index < -0.39 is 0 Å². The van der Waals surface area contributed by atoms with E-state index in [1.807, 2.05) is 0 Å². The fourth-order valence-electron chi connectivity index (χ4n) is 2.60. The van der Waals surface area contributed by atoms with Gasteiger partial charge in [-0.25, -0.2) is 0 Å². The highest BCUT2D eigenvalue weighted by molar-refractivity contribution is 4.98. The summed E-state index contributed by atoms with van der Waals surface area (Å²) in [5.41, 5.74) is 0.362. The predicted molar refractivity (Wildman–Crippen MR) is 65.1 cm³/mol. The lowest BCUT2D eigenvalue weighted by Crippen LogP contribution is -2.62. The van der Waals surface area contributed by atoms with E-state index in [9.17, 15) is 0 Å². The summed E-state index contributed by atoms with van der Waals surface area (Å²) in [5, 5.41) is 3.74. The largest absolute Gasteiger partial charge is 0.311 e. The second-order valence-electron chi connectivity index (χ2n) is 5.94. The molecule has 15 heavy (non-hydrogen) atoms. The summed E-state index contributed by atoms with van der Waals surface area (Å²) in [7, 11) is 0. The van der Waals surface area contributed by atoms with Crippen molar-refractivity contribution in [1.82, 2.24) is 10.2 Å². The molecule has 0 aromatic carbocycles. The van der Waals surface area contributed by atoms with Gasteiger partial charge in [0.25, 0.3) is 0 Å². The third-order valence-corrected chi connectivity index (χ3v) is 4.04. The zero-order valence-electron chi connectivity index (χ0n) is 10.6. The molecule has 1 unspecified atom stereocenters. The van der Waals surface area contributed by atoms with Gasteiger partial charge >= 0.3 is 0 Å². The Hall–Kier alpha value is -0.0800. The second-order valence-corrected chi connectivity index (χ2v) is 5.94. The molecule has 2 aliphatic rings. The minimum absolute atomic E-state index is 0.362. The minimum Gasteiger partial charge on any atom is -0.311 e. The quantitative estimate of drug-likeness (QED) is 0.765. The zero-order valence-corrected chi connectivity index (χ0v) is 10.6. The van der Waals surface area contributed by atoms with Crippen LogP contribution >= 0.6 is 0 Å². The molecular formula is C13H26N2. The molecular weight excluding hydrogens is 184 g/mol. The van der Waals surface area contributed by atoms with Crippen molar-refractivity contribution in [2.45, 2.75) is 58.0 Å². The lowest BCUT2D eigenvalue weighted by molar-refractivity contribution is 0.0595. The van der Waals surface area contributed by atoms with Gasteiger partial charge in [0.05, 0.1) is 0 Å². The van der Waals surface area contributed by atoms with Crippen molar-refractivity contribution in [2.75, 3.05) is 19.6 Å². The van der Waals surface area contributed by atoms with Crippen LogP contribution in [0.5, 0.6) is 0 Å². The molecule has 0 spiro atoms. The number of unbranched alkanes of at least 4 members (excludes halogenated alkanes) is 1. The maximum absolute atomic E-state index is 3.74. The first-order valence-corrected chi connectivity index (χ1v) is 6.62. The first-order chi connectivity index (χ1) is 7.13. The summed E-state index contributed by atoms with van der Waals surface area (Å²) >= 11 is 0. The molecule has 1 aliphatic heterocycles. The van der Waals surface area contributed by atoms with Gasteiger partial charge in [-0.05, 0) is 45.6 Å². The monoisotopic (exact) mass is 210 g/mol. The van der Waals surface area contributed by atoms with Crippen LogP contribution < -0.4 is 5.32 Å².